The van der Waals surface area contributed by atoms with Crippen LogP contribution < -0.4 is 9.47 Å². The van der Waals surface area contributed by atoms with Gasteiger partial charge in [0.2, 0.25) is 0 Å². The maximum absolute atomic E-state index is 11.9. The summed E-state index contributed by atoms with van der Waals surface area (Å²) < 4.78 is 12.3. The van der Waals surface area contributed by atoms with Gasteiger partial charge in [-0.1, -0.05) is 36.4 Å². The van der Waals surface area contributed by atoms with Crippen molar-refractivity contribution in [1.82, 2.24) is 4.90 Å². The van der Waals surface area contributed by atoms with Crippen LogP contribution in [0.2, 0.25) is 0 Å². The van der Waals surface area contributed by atoms with Crippen molar-refractivity contribution in [3.8, 4) is 11.5 Å². The minimum absolute atomic E-state index is 0.0236. The van der Waals surface area contributed by atoms with E-state index < -0.39 is 11.5 Å². The van der Waals surface area contributed by atoms with Crippen molar-refractivity contribution < 1.29 is 19.7 Å². The summed E-state index contributed by atoms with van der Waals surface area (Å²) in [7, 11) is 3.92. The topological polar surface area (TPSA) is 62.2 Å². The van der Waals surface area contributed by atoms with Crippen LogP contribution in [0.5, 0.6) is 11.5 Å². The smallest absolute Gasteiger partial charge is 0.165 e. The molecule has 1 spiro atoms. The molecule has 6 atom stereocenters. The molecule has 2 fully saturated rings. The van der Waals surface area contributed by atoms with Gasteiger partial charge in [-0.05, 0) is 68.8 Å². The fourth-order valence-corrected chi connectivity index (χ4v) is 7.56. The molecule has 2 aliphatic carbocycles. The summed E-state index contributed by atoms with van der Waals surface area (Å²) in [5.74, 6) is 1.94. The first-order chi connectivity index (χ1) is 15.5. The van der Waals surface area contributed by atoms with Crippen LogP contribution >= 0.6 is 0 Å². The zero-order chi connectivity index (χ0) is 22.1. The van der Waals surface area contributed by atoms with E-state index in [2.05, 4.69) is 42.3 Å². The van der Waals surface area contributed by atoms with Crippen molar-refractivity contribution >= 4 is 0 Å². The molecule has 5 nitrogen and oxygen atoms in total. The summed E-state index contributed by atoms with van der Waals surface area (Å²) >= 11 is 0. The third-order valence-electron chi connectivity index (χ3n) is 9.26. The van der Waals surface area contributed by atoms with Gasteiger partial charge >= 0.3 is 0 Å². The van der Waals surface area contributed by atoms with Crippen molar-refractivity contribution in [2.45, 2.75) is 55.8 Å². The Morgan fingerprint density at radius 2 is 2.00 bits per heavy atom. The zero-order valence-corrected chi connectivity index (χ0v) is 19.0. The van der Waals surface area contributed by atoms with E-state index in [0.29, 0.717) is 12.0 Å². The summed E-state index contributed by atoms with van der Waals surface area (Å²) in [5, 5.41) is 22.6. The molecule has 32 heavy (non-hydrogen) atoms. The molecule has 1 saturated carbocycles. The number of aliphatic hydroxyl groups is 2. The van der Waals surface area contributed by atoms with Gasteiger partial charge in [0.05, 0.1) is 19.8 Å². The molecule has 4 aliphatic rings. The molecule has 2 N–H and O–H groups in total. The van der Waals surface area contributed by atoms with Crippen LogP contribution in [0.25, 0.3) is 0 Å². The minimum atomic E-state index is -0.723. The van der Waals surface area contributed by atoms with Gasteiger partial charge in [0.25, 0.3) is 0 Å². The third-order valence-corrected chi connectivity index (χ3v) is 9.26. The molecule has 2 aliphatic heterocycles. The molecule has 0 radical (unpaired) electrons. The van der Waals surface area contributed by atoms with Crippen LogP contribution in [-0.2, 0) is 18.3 Å². The molecule has 2 aromatic carbocycles. The Morgan fingerprint density at radius 3 is 2.75 bits per heavy atom. The van der Waals surface area contributed by atoms with E-state index in [4.69, 9.17) is 9.47 Å². The van der Waals surface area contributed by atoms with Gasteiger partial charge in [0.15, 0.2) is 11.5 Å². The Morgan fingerprint density at radius 1 is 1.19 bits per heavy atom. The molecular weight excluding hydrogens is 402 g/mol. The maximum Gasteiger partial charge on any atom is 0.165 e. The molecule has 2 heterocycles. The zero-order valence-electron chi connectivity index (χ0n) is 19.0. The summed E-state index contributed by atoms with van der Waals surface area (Å²) in [6, 6.07) is 15.0. The number of hydrogen-bond donors (Lipinski definition) is 2. The number of nitrogens with zero attached hydrogens (tertiary/aromatic N) is 1. The predicted octanol–water partition coefficient (Wildman–Crippen LogP) is 2.95. The number of likely N-dealkylation sites (tertiary alicyclic amines) is 1. The number of rotatable bonds is 5. The molecule has 0 amide bonds. The van der Waals surface area contributed by atoms with Gasteiger partial charge in [-0.2, -0.15) is 0 Å². The largest absolute Gasteiger partial charge is 0.493 e. The van der Waals surface area contributed by atoms with Crippen LogP contribution in [0.3, 0.4) is 0 Å². The van der Waals surface area contributed by atoms with E-state index >= 15 is 0 Å². The highest BCUT2D eigenvalue weighted by Crippen LogP contribution is 2.66. The molecule has 170 valence electrons. The summed E-state index contributed by atoms with van der Waals surface area (Å²) in [6.45, 7) is 0.976. The number of ether oxygens (including phenoxy) is 2. The number of piperidine rings is 1. The number of hydrogen-bond acceptors (Lipinski definition) is 5. The predicted molar refractivity (Wildman–Crippen MR) is 122 cm³/mol. The third kappa shape index (κ3) is 2.56. The quantitative estimate of drug-likeness (QED) is 0.756. The molecule has 2 aromatic rings. The second-order valence-corrected chi connectivity index (χ2v) is 10.5. The fourth-order valence-electron chi connectivity index (χ4n) is 7.56. The Balaban J connectivity index is 1.45. The van der Waals surface area contributed by atoms with Gasteiger partial charge in [0.1, 0.15) is 6.10 Å². The lowest BCUT2D eigenvalue weighted by molar-refractivity contribution is -0.178. The first kappa shape index (κ1) is 20.5. The minimum Gasteiger partial charge on any atom is -0.493 e. The van der Waals surface area contributed by atoms with Crippen molar-refractivity contribution in [3.05, 3.63) is 59.2 Å². The van der Waals surface area contributed by atoms with E-state index in [1.807, 2.05) is 12.1 Å². The van der Waals surface area contributed by atoms with Crippen molar-refractivity contribution in [3.63, 3.8) is 0 Å². The van der Waals surface area contributed by atoms with Crippen LogP contribution in [0.1, 0.15) is 36.0 Å². The summed E-state index contributed by atoms with van der Waals surface area (Å²) in [5.41, 5.74) is 3.10. The SMILES string of the molecule is COc1ccc2c3c1OC1[C@H](O)[C@](CO)(CCc4ccccc4)CC4C(C2)N(C)CCC341. The number of aryl methyl sites for hydroxylation is 1. The Labute approximate surface area is 190 Å². The second-order valence-electron chi connectivity index (χ2n) is 10.5. The second kappa shape index (κ2) is 7.21. The lowest BCUT2D eigenvalue weighted by atomic mass is 9.46. The molecule has 0 aromatic heterocycles. The average molecular weight is 436 g/mol. The fraction of sp³-hybridized carbons (Fsp3) is 0.556. The molecular formula is C27H33NO4. The van der Waals surface area contributed by atoms with E-state index in [9.17, 15) is 10.2 Å². The number of aliphatic hydroxyl groups excluding tert-OH is 2. The molecule has 6 rings (SSSR count). The normalized spacial score (nSPS) is 37.0. The molecule has 1 saturated heterocycles. The Bertz CT molecular complexity index is 1030. The van der Waals surface area contributed by atoms with E-state index in [1.54, 1.807) is 7.11 Å². The Hall–Kier alpha value is -2.08. The highest BCUT2D eigenvalue weighted by Gasteiger charge is 2.69. The van der Waals surface area contributed by atoms with E-state index in [1.165, 1.54) is 16.7 Å². The van der Waals surface area contributed by atoms with Gasteiger partial charge in [0, 0.05) is 22.4 Å². The first-order valence-corrected chi connectivity index (χ1v) is 11.9. The number of benzene rings is 2. The molecule has 4 unspecified atom stereocenters. The summed E-state index contributed by atoms with van der Waals surface area (Å²) in [6.07, 6.45) is 3.31. The van der Waals surface area contributed by atoms with E-state index in [0.717, 1.165) is 50.1 Å². The lowest BCUT2D eigenvalue weighted by Crippen LogP contribution is -2.71. The number of likely N-dealkylation sites (N-methyl/N-ethyl adjacent to an activating group) is 1. The average Bonchev–Trinajstić information content (AvgIpc) is 3.17. The van der Waals surface area contributed by atoms with E-state index in [-0.39, 0.29) is 18.1 Å². The first-order valence-electron chi connectivity index (χ1n) is 11.9. The van der Waals surface area contributed by atoms with Crippen LogP contribution in [0.4, 0.5) is 0 Å². The Kier molecular flexibility index (Phi) is 4.62. The summed E-state index contributed by atoms with van der Waals surface area (Å²) in [4.78, 5) is 2.50. The highest BCUT2D eigenvalue weighted by atomic mass is 16.5. The standard InChI is InChI=1S/C27H33NO4/c1-28-13-12-27-19-15-26(16-29,11-10-17-6-4-3-5-7-17)24(30)25(27)32-23-21(31-2)9-8-18(22(23)27)14-20(19)28/h3-9,19-20,24-25,29-30H,10-16H2,1-2H3/t19?,20?,24-,25?,26+,27?/m0/s1. The monoisotopic (exact) mass is 435 g/mol. The van der Waals surface area contributed by atoms with Crippen LogP contribution in [-0.4, -0.2) is 60.7 Å². The van der Waals surface area contributed by atoms with Gasteiger partial charge in [-0.15, -0.1) is 0 Å². The van der Waals surface area contributed by atoms with Crippen molar-refractivity contribution in [1.29, 1.82) is 0 Å². The van der Waals surface area contributed by atoms with Crippen molar-refractivity contribution in [2.75, 3.05) is 27.3 Å². The highest BCUT2D eigenvalue weighted by molar-refractivity contribution is 5.61. The number of methoxy groups -OCH3 is 1. The van der Waals surface area contributed by atoms with Crippen molar-refractivity contribution in [2.24, 2.45) is 11.3 Å². The van der Waals surface area contributed by atoms with Crippen LogP contribution in [0.15, 0.2) is 42.5 Å². The molecule has 5 heteroatoms. The van der Waals surface area contributed by atoms with Gasteiger partial charge in [-0.3, -0.25) is 0 Å². The van der Waals surface area contributed by atoms with Gasteiger partial charge < -0.3 is 24.6 Å². The van der Waals surface area contributed by atoms with Crippen LogP contribution in [0, 0.1) is 11.3 Å². The van der Waals surface area contributed by atoms with Gasteiger partial charge in [-0.25, -0.2) is 0 Å². The molecule has 2 bridgehead atoms. The lowest BCUT2D eigenvalue weighted by Gasteiger charge is -2.62. The maximum atomic E-state index is 11.9.